The summed E-state index contributed by atoms with van der Waals surface area (Å²) in [6.07, 6.45) is 3.46. The lowest BCUT2D eigenvalue weighted by atomic mass is 10.3. The standard InChI is InChI=1S/C10H10N4O2S2/c15-7(13-9-11-3-5-17-9)1-2-8(16)14-10-12-4-6-18-10/h3-6H,1-2H2,(H,11,13,15)(H,12,14,16). The highest BCUT2D eigenvalue weighted by Crippen LogP contribution is 2.12. The minimum atomic E-state index is -0.223. The Hall–Kier alpha value is -1.80. The van der Waals surface area contributed by atoms with Crippen LogP contribution in [0, 0.1) is 0 Å². The summed E-state index contributed by atoms with van der Waals surface area (Å²) < 4.78 is 0. The predicted octanol–water partition coefficient (Wildman–Crippen LogP) is 1.96. The van der Waals surface area contributed by atoms with Crippen molar-refractivity contribution in [3.63, 3.8) is 0 Å². The summed E-state index contributed by atoms with van der Waals surface area (Å²) >= 11 is 2.67. The maximum atomic E-state index is 11.5. The van der Waals surface area contributed by atoms with Crippen molar-refractivity contribution < 1.29 is 9.59 Å². The van der Waals surface area contributed by atoms with Crippen LogP contribution in [0.2, 0.25) is 0 Å². The number of thiazole rings is 2. The molecule has 0 saturated heterocycles. The molecule has 0 radical (unpaired) electrons. The van der Waals surface area contributed by atoms with Crippen molar-refractivity contribution >= 4 is 44.8 Å². The van der Waals surface area contributed by atoms with Crippen LogP contribution in [0.4, 0.5) is 10.3 Å². The summed E-state index contributed by atoms with van der Waals surface area (Å²) in [5, 5.41) is 9.84. The smallest absolute Gasteiger partial charge is 0.226 e. The molecule has 0 saturated carbocycles. The number of nitrogens with zero attached hydrogens (tertiary/aromatic N) is 2. The number of aromatic nitrogens is 2. The van der Waals surface area contributed by atoms with Crippen LogP contribution < -0.4 is 10.6 Å². The fraction of sp³-hybridized carbons (Fsp3) is 0.200. The minimum Gasteiger partial charge on any atom is -0.302 e. The molecule has 0 aliphatic heterocycles. The molecule has 0 aliphatic rings. The summed E-state index contributed by atoms with van der Waals surface area (Å²) in [5.41, 5.74) is 0. The molecular weight excluding hydrogens is 272 g/mol. The van der Waals surface area contributed by atoms with E-state index in [1.165, 1.54) is 22.7 Å². The number of anilines is 2. The number of carbonyl (C=O) groups excluding carboxylic acids is 2. The molecule has 0 bridgehead atoms. The van der Waals surface area contributed by atoms with Crippen LogP contribution in [0.15, 0.2) is 23.2 Å². The Kier molecular flexibility index (Phi) is 4.37. The summed E-state index contributed by atoms with van der Waals surface area (Å²) in [5.74, 6) is -0.446. The van der Waals surface area contributed by atoms with Gasteiger partial charge in [0.05, 0.1) is 0 Å². The average molecular weight is 282 g/mol. The first-order chi connectivity index (χ1) is 8.74. The number of hydrogen-bond donors (Lipinski definition) is 2. The first kappa shape index (κ1) is 12.7. The Morgan fingerprint density at radius 3 is 1.72 bits per heavy atom. The number of carbonyl (C=O) groups is 2. The van der Waals surface area contributed by atoms with Crippen LogP contribution in [-0.4, -0.2) is 21.8 Å². The molecule has 2 amide bonds. The maximum absolute atomic E-state index is 11.5. The first-order valence-electron chi connectivity index (χ1n) is 5.13. The molecule has 6 nitrogen and oxygen atoms in total. The summed E-state index contributed by atoms with van der Waals surface area (Å²) in [6, 6.07) is 0. The van der Waals surface area contributed by atoms with Gasteiger partial charge in [0.2, 0.25) is 11.8 Å². The Labute approximate surface area is 111 Å². The Morgan fingerprint density at radius 1 is 0.944 bits per heavy atom. The van der Waals surface area contributed by atoms with Gasteiger partial charge in [-0.1, -0.05) is 0 Å². The molecule has 0 fully saturated rings. The lowest BCUT2D eigenvalue weighted by Crippen LogP contribution is -2.17. The summed E-state index contributed by atoms with van der Waals surface area (Å²) in [7, 11) is 0. The van der Waals surface area contributed by atoms with Crippen molar-refractivity contribution in [2.24, 2.45) is 0 Å². The summed E-state index contributed by atoms with van der Waals surface area (Å²) in [4.78, 5) is 30.8. The second-order valence-electron chi connectivity index (χ2n) is 3.27. The second kappa shape index (κ2) is 6.22. The predicted molar refractivity (Wildman–Crippen MR) is 70.7 cm³/mol. The van der Waals surface area contributed by atoms with Crippen LogP contribution in [0.25, 0.3) is 0 Å². The average Bonchev–Trinajstić information content (AvgIpc) is 2.99. The monoisotopic (exact) mass is 282 g/mol. The van der Waals surface area contributed by atoms with Gasteiger partial charge in [0.25, 0.3) is 0 Å². The van der Waals surface area contributed by atoms with Gasteiger partial charge in [0.15, 0.2) is 10.3 Å². The number of rotatable bonds is 5. The van der Waals surface area contributed by atoms with Crippen molar-refractivity contribution in [3.8, 4) is 0 Å². The van der Waals surface area contributed by atoms with E-state index in [2.05, 4.69) is 20.6 Å². The molecule has 2 aromatic heterocycles. The molecule has 94 valence electrons. The quantitative estimate of drug-likeness (QED) is 0.878. The van der Waals surface area contributed by atoms with Crippen molar-refractivity contribution in [2.75, 3.05) is 10.6 Å². The van der Waals surface area contributed by atoms with E-state index in [9.17, 15) is 9.59 Å². The number of amides is 2. The fourth-order valence-corrected chi connectivity index (χ4v) is 2.25. The maximum Gasteiger partial charge on any atom is 0.226 e. The Bertz CT molecular complexity index is 462. The van der Waals surface area contributed by atoms with Crippen LogP contribution in [-0.2, 0) is 9.59 Å². The van der Waals surface area contributed by atoms with Gasteiger partial charge in [-0.2, -0.15) is 0 Å². The van der Waals surface area contributed by atoms with E-state index in [4.69, 9.17) is 0 Å². The molecule has 0 spiro atoms. The van der Waals surface area contributed by atoms with E-state index in [1.54, 1.807) is 23.2 Å². The van der Waals surface area contributed by atoms with E-state index in [-0.39, 0.29) is 24.7 Å². The normalized spacial score (nSPS) is 10.0. The molecular formula is C10H10N4O2S2. The van der Waals surface area contributed by atoms with Gasteiger partial charge in [0.1, 0.15) is 0 Å². The number of nitrogens with one attached hydrogen (secondary N) is 2. The lowest BCUT2D eigenvalue weighted by Gasteiger charge is -2.02. The molecule has 2 N–H and O–H groups in total. The largest absolute Gasteiger partial charge is 0.302 e. The minimum absolute atomic E-state index is 0.122. The van der Waals surface area contributed by atoms with E-state index >= 15 is 0 Å². The van der Waals surface area contributed by atoms with Gasteiger partial charge in [-0.3, -0.25) is 9.59 Å². The van der Waals surface area contributed by atoms with E-state index in [1.807, 2.05) is 0 Å². The highest BCUT2D eigenvalue weighted by molar-refractivity contribution is 7.14. The molecule has 0 unspecified atom stereocenters. The highest BCUT2D eigenvalue weighted by Gasteiger charge is 2.09. The SMILES string of the molecule is O=C(CCC(=O)Nc1nccs1)Nc1nccs1. The lowest BCUT2D eigenvalue weighted by molar-refractivity contribution is -0.121. The zero-order valence-corrected chi connectivity index (χ0v) is 10.9. The molecule has 2 aromatic rings. The molecule has 8 heteroatoms. The topological polar surface area (TPSA) is 84.0 Å². The third-order valence-corrected chi connectivity index (χ3v) is 3.31. The van der Waals surface area contributed by atoms with E-state index < -0.39 is 0 Å². The zero-order chi connectivity index (χ0) is 12.8. The van der Waals surface area contributed by atoms with Gasteiger partial charge in [-0.15, -0.1) is 22.7 Å². The molecule has 18 heavy (non-hydrogen) atoms. The highest BCUT2D eigenvalue weighted by atomic mass is 32.1. The fourth-order valence-electron chi connectivity index (χ4n) is 1.16. The van der Waals surface area contributed by atoms with E-state index in [0.29, 0.717) is 10.3 Å². The third-order valence-electron chi connectivity index (χ3n) is 1.94. The van der Waals surface area contributed by atoms with Crippen molar-refractivity contribution in [1.29, 1.82) is 0 Å². The second-order valence-corrected chi connectivity index (χ2v) is 5.06. The van der Waals surface area contributed by atoms with Crippen LogP contribution in [0.1, 0.15) is 12.8 Å². The van der Waals surface area contributed by atoms with Gasteiger partial charge < -0.3 is 10.6 Å². The van der Waals surface area contributed by atoms with Crippen LogP contribution in [0.5, 0.6) is 0 Å². The molecule has 2 rings (SSSR count). The molecule has 0 atom stereocenters. The van der Waals surface area contributed by atoms with Crippen molar-refractivity contribution in [1.82, 2.24) is 9.97 Å². The van der Waals surface area contributed by atoms with Crippen LogP contribution in [0.3, 0.4) is 0 Å². The van der Waals surface area contributed by atoms with Crippen LogP contribution >= 0.6 is 22.7 Å². The van der Waals surface area contributed by atoms with E-state index in [0.717, 1.165) is 0 Å². The molecule has 2 heterocycles. The molecule has 0 aliphatic carbocycles. The van der Waals surface area contributed by atoms with Gasteiger partial charge in [-0.25, -0.2) is 9.97 Å². The molecule has 0 aromatic carbocycles. The summed E-state index contributed by atoms with van der Waals surface area (Å²) in [6.45, 7) is 0. The van der Waals surface area contributed by atoms with Gasteiger partial charge in [-0.05, 0) is 0 Å². The van der Waals surface area contributed by atoms with Gasteiger partial charge in [0, 0.05) is 36.0 Å². The third kappa shape index (κ3) is 3.90. The first-order valence-corrected chi connectivity index (χ1v) is 6.88. The Morgan fingerprint density at radius 2 is 1.39 bits per heavy atom. The zero-order valence-electron chi connectivity index (χ0n) is 9.25. The number of hydrogen-bond acceptors (Lipinski definition) is 6. The van der Waals surface area contributed by atoms with Crippen molar-refractivity contribution in [2.45, 2.75) is 12.8 Å². The van der Waals surface area contributed by atoms with Crippen molar-refractivity contribution in [3.05, 3.63) is 23.2 Å². The Balaban J connectivity index is 1.71. The van der Waals surface area contributed by atoms with Gasteiger partial charge >= 0.3 is 0 Å².